The number of rotatable bonds is 7. The van der Waals surface area contributed by atoms with Crippen LogP contribution in [-0.2, 0) is 4.74 Å². The normalized spacial score (nSPS) is 14.0. The lowest BCUT2D eigenvalue weighted by Crippen LogP contribution is -2.36. The van der Waals surface area contributed by atoms with E-state index in [0.717, 1.165) is 62.8 Å². The molecule has 2 heterocycles. The van der Waals surface area contributed by atoms with Crippen LogP contribution >= 0.6 is 0 Å². The number of ether oxygens (including phenoxy) is 1. The smallest absolute Gasteiger partial charge is 0.272 e. The van der Waals surface area contributed by atoms with Gasteiger partial charge in [-0.25, -0.2) is 9.97 Å². The monoisotopic (exact) mass is 383 g/mol. The number of benzene rings is 1. The molecule has 1 aromatic heterocycles. The summed E-state index contributed by atoms with van der Waals surface area (Å²) in [6.45, 7) is 7.85. The van der Waals surface area contributed by atoms with Crippen LogP contribution in [0.2, 0.25) is 0 Å². The molecule has 1 N–H and O–H groups in total. The maximum Gasteiger partial charge on any atom is 0.272 e. The van der Waals surface area contributed by atoms with E-state index < -0.39 is 0 Å². The zero-order valence-corrected chi connectivity index (χ0v) is 16.9. The molecule has 1 aromatic carbocycles. The lowest BCUT2D eigenvalue weighted by atomic mass is 10.2. The summed E-state index contributed by atoms with van der Waals surface area (Å²) in [6, 6.07) is 9.82. The van der Waals surface area contributed by atoms with Crippen LogP contribution in [0.15, 0.2) is 30.3 Å². The number of nitrogens with one attached hydrogen (secondary N) is 1. The van der Waals surface area contributed by atoms with Gasteiger partial charge in [-0.2, -0.15) is 0 Å². The van der Waals surface area contributed by atoms with E-state index in [0.29, 0.717) is 11.6 Å². The number of carbonyl (C=O) groups is 1. The van der Waals surface area contributed by atoms with Crippen LogP contribution in [0, 0.1) is 6.92 Å². The second kappa shape index (κ2) is 9.50. The molecule has 1 fully saturated rings. The first kappa shape index (κ1) is 20.1. The molecule has 0 spiro atoms. The summed E-state index contributed by atoms with van der Waals surface area (Å²) in [6.07, 6.45) is 2.02. The molecule has 2 aromatic rings. The Hall–Kier alpha value is -2.67. The Morgan fingerprint density at radius 2 is 2.00 bits per heavy atom. The molecule has 0 bridgehead atoms. The number of aromatic nitrogens is 2. The highest BCUT2D eigenvalue weighted by Gasteiger charge is 2.17. The number of anilines is 3. The van der Waals surface area contributed by atoms with Gasteiger partial charge in [0, 0.05) is 32.4 Å². The molecule has 0 aliphatic carbocycles. The van der Waals surface area contributed by atoms with Gasteiger partial charge in [-0.3, -0.25) is 4.79 Å². The zero-order valence-electron chi connectivity index (χ0n) is 16.9. The van der Waals surface area contributed by atoms with Gasteiger partial charge in [0.1, 0.15) is 5.69 Å². The van der Waals surface area contributed by atoms with Crippen molar-refractivity contribution >= 4 is 23.2 Å². The fourth-order valence-corrected chi connectivity index (χ4v) is 3.21. The van der Waals surface area contributed by atoms with E-state index >= 15 is 0 Å². The van der Waals surface area contributed by atoms with Gasteiger partial charge in [-0.1, -0.05) is 25.5 Å². The van der Waals surface area contributed by atoms with E-state index in [1.54, 1.807) is 11.0 Å². The molecule has 0 saturated carbocycles. The molecule has 7 heteroatoms. The number of morpholine rings is 1. The van der Waals surface area contributed by atoms with Crippen molar-refractivity contribution in [3.05, 3.63) is 41.7 Å². The summed E-state index contributed by atoms with van der Waals surface area (Å²) in [5.74, 6) is 0.358. The van der Waals surface area contributed by atoms with Crippen molar-refractivity contribution in [2.75, 3.05) is 50.1 Å². The van der Waals surface area contributed by atoms with E-state index in [2.05, 4.69) is 33.2 Å². The van der Waals surface area contributed by atoms with Crippen molar-refractivity contribution in [1.82, 2.24) is 14.9 Å². The molecule has 1 saturated heterocycles. The minimum Gasteiger partial charge on any atom is -0.378 e. The lowest BCUT2D eigenvalue weighted by Gasteiger charge is -2.30. The number of para-hydroxylation sites is 2. The van der Waals surface area contributed by atoms with E-state index in [9.17, 15) is 4.79 Å². The van der Waals surface area contributed by atoms with Crippen LogP contribution in [-0.4, -0.2) is 60.7 Å². The quantitative estimate of drug-likeness (QED) is 0.791. The maximum absolute atomic E-state index is 12.7. The fourth-order valence-electron chi connectivity index (χ4n) is 3.21. The van der Waals surface area contributed by atoms with E-state index in [1.807, 2.05) is 32.2 Å². The number of unbranched alkanes of at least 4 members (excludes halogenated alkanes) is 1. The van der Waals surface area contributed by atoms with Crippen molar-refractivity contribution in [3.8, 4) is 0 Å². The Morgan fingerprint density at radius 1 is 1.25 bits per heavy atom. The summed E-state index contributed by atoms with van der Waals surface area (Å²) < 4.78 is 5.46. The first-order valence-corrected chi connectivity index (χ1v) is 9.88. The molecular formula is C21H29N5O2. The predicted molar refractivity (Wildman–Crippen MR) is 111 cm³/mol. The third kappa shape index (κ3) is 4.98. The molecule has 28 heavy (non-hydrogen) atoms. The largest absolute Gasteiger partial charge is 0.378 e. The Balaban J connectivity index is 1.82. The minimum absolute atomic E-state index is 0.0801. The second-order valence-electron chi connectivity index (χ2n) is 7.04. The highest BCUT2D eigenvalue weighted by molar-refractivity contribution is 5.92. The van der Waals surface area contributed by atoms with Gasteiger partial charge < -0.3 is 19.9 Å². The van der Waals surface area contributed by atoms with Gasteiger partial charge in [-0.05, 0) is 31.5 Å². The second-order valence-corrected chi connectivity index (χ2v) is 7.04. The molecule has 1 aliphatic heterocycles. The summed E-state index contributed by atoms with van der Waals surface area (Å²) >= 11 is 0. The molecule has 7 nitrogen and oxygen atoms in total. The van der Waals surface area contributed by atoms with Crippen LogP contribution in [0.5, 0.6) is 0 Å². The topological polar surface area (TPSA) is 70.6 Å². The number of hydrogen-bond acceptors (Lipinski definition) is 6. The average molecular weight is 383 g/mol. The summed E-state index contributed by atoms with van der Waals surface area (Å²) in [5, 5.41) is 3.31. The Bertz CT molecular complexity index is 805. The van der Waals surface area contributed by atoms with Gasteiger partial charge in [-0.15, -0.1) is 0 Å². The third-order valence-corrected chi connectivity index (χ3v) is 4.77. The van der Waals surface area contributed by atoms with Crippen LogP contribution in [0.3, 0.4) is 0 Å². The van der Waals surface area contributed by atoms with Gasteiger partial charge in [0.25, 0.3) is 5.91 Å². The average Bonchev–Trinajstić information content (AvgIpc) is 2.72. The highest BCUT2D eigenvalue weighted by Crippen LogP contribution is 2.28. The Morgan fingerprint density at radius 3 is 2.75 bits per heavy atom. The Kier molecular flexibility index (Phi) is 6.81. The molecule has 0 unspecified atom stereocenters. The first-order valence-electron chi connectivity index (χ1n) is 9.88. The molecular weight excluding hydrogens is 354 g/mol. The molecule has 1 amide bonds. The Labute approximate surface area is 166 Å². The number of hydrogen-bond donors (Lipinski definition) is 1. The van der Waals surface area contributed by atoms with E-state index in [4.69, 9.17) is 4.74 Å². The van der Waals surface area contributed by atoms with Gasteiger partial charge in [0.15, 0.2) is 0 Å². The molecule has 0 radical (unpaired) electrons. The predicted octanol–water partition coefficient (Wildman–Crippen LogP) is 3.24. The van der Waals surface area contributed by atoms with Crippen molar-refractivity contribution < 1.29 is 9.53 Å². The van der Waals surface area contributed by atoms with Crippen LogP contribution in [0.1, 0.15) is 35.9 Å². The fraction of sp³-hybridized carbons (Fsp3) is 0.476. The van der Waals surface area contributed by atoms with Crippen LogP contribution in [0.25, 0.3) is 0 Å². The lowest BCUT2D eigenvalue weighted by molar-refractivity contribution is 0.0787. The number of amides is 1. The maximum atomic E-state index is 12.7. The molecule has 150 valence electrons. The molecule has 1 aliphatic rings. The number of carbonyl (C=O) groups excluding carboxylic acids is 1. The van der Waals surface area contributed by atoms with Crippen molar-refractivity contribution in [2.24, 2.45) is 0 Å². The zero-order chi connectivity index (χ0) is 19.9. The van der Waals surface area contributed by atoms with Gasteiger partial charge in [0.2, 0.25) is 5.95 Å². The number of nitrogens with zero attached hydrogens (tertiary/aromatic N) is 4. The van der Waals surface area contributed by atoms with Gasteiger partial charge >= 0.3 is 0 Å². The van der Waals surface area contributed by atoms with Crippen molar-refractivity contribution in [3.63, 3.8) is 0 Å². The van der Waals surface area contributed by atoms with E-state index in [1.165, 1.54) is 0 Å². The summed E-state index contributed by atoms with van der Waals surface area (Å²) in [4.78, 5) is 25.7. The van der Waals surface area contributed by atoms with Crippen molar-refractivity contribution in [2.45, 2.75) is 26.7 Å². The standard InChI is InChI=1S/C21H29N5O2/c1-4-5-10-25(3)20(27)18-15-16(2)22-21(24-18)23-17-8-6-7-9-19(17)26-11-13-28-14-12-26/h6-9,15H,4-5,10-14H2,1-3H3,(H,22,23,24). The first-order chi connectivity index (χ1) is 13.6. The van der Waals surface area contributed by atoms with E-state index in [-0.39, 0.29) is 5.91 Å². The summed E-state index contributed by atoms with van der Waals surface area (Å²) in [7, 11) is 1.82. The van der Waals surface area contributed by atoms with Crippen LogP contribution in [0.4, 0.5) is 17.3 Å². The number of aryl methyl sites for hydroxylation is 1. The molecule has 3 rings (SSSR count). The SMILES string of the molecule is CCCCN(C)C(=O)c1cc(C)nc(Nc2ccccc2N2CCOCC2)n1. The van der Waals surface area contributed by atoms with Gasteiger partial charge in [0.05, 0.1) is 24.6 Å². The van der Waals surface area contributed by atoms with Crippen LogP contribution < -0.4 is 10.2 Å². The summed E-state index contributed by atoms with van der Waals surface area (Å²) in [5.41, 5.74) is 3.18. The highest BCUT2D eigenvalue weighted by atomic mass is 16.5. The third-order valence-electron chi connectivity index (χ3n) is 4.77. The van der Waals surface area contributed by atoms with Crippen molar-refractivity contribution in [1.29, 1.82) is 0 Å². The minimum atomic E-state index is -0.0801. The molecule has 0 atom stereocenters.